The van der Waals surface area contributed by atoms with Crippen LogP contribution in [0.5, 0.6) is 0 Å². The Kier molecular flexibility index (Phi) is 2.31. The second-order valence-electron chi connectivity index (χ2n) is 2.85. The maximum Gasteiger partial charge on any atom is 0.189 e. The van der Waals surface area contributed by atoms with Crippen LogP contribution in [0.15, 0.2) is 41.3 Å². The van der Waals surface area contributed by atoms with Gasteiger partial charge < -0.3 is 4.55 Å². The maximum atomic E-state index is 13.6. The third kappa shape index (κ3) is 1.42. The molecule has 0 spiro atoms. The van der Waals surface area contributed by atoms with E-state index in [9.17, 15) is 8.60 Å². The Morgan fingerprint density at radius 1 is 1.14 bits per heavy atom. The number of hydrogen-bond acceptors (Lipinski definition) is 1. The molecule has 0 radical (unpaired) electrons. The molecule has 0 aromatic heterocycles. The van der Waals surface area contributed by atoms with Crippen LogP contribution in [0, 0.1) is 5.82 Å². The first-order chi connectivity index (χ1) is 6.70. The summed E-state index contributed by atoms with van der Waals surface area (Å²) in [4.78, 5) is -0.177. The van der Waals surface area contributed by atoms with Crippen LogP contribution in [0.4, 0.5) is 4.39 Å². The predicted molar refractivity (Wildman–Crippen MR) is 52.9 cm³/mol. The molecule has 2 aromatic carbocycles. The molecular weight excluding hydrogens is 203 g/mol. The Hall–Kier alpha value is -1.26. The van der Waals surface area contributed by atoms with E-state index in [0.29, 0.717) is 5.39 Å². The van der Waals surface area contributed by atoms with E-state index in [2.05, 4.69) is 0 Å². The molecule has 0 fully saturated rings. The fourth-order valence-corrected chi connectivity index (χ4v) is 1.80. The topological polar surface area (TPSA) is 37.3 Å². The van der Waals surface area contributed by atoms with Gasteiger partial charge in [0.05, 0.1) is 0 Å². The zero-order valence-electron chi connectivity index (χ0n) is 7.11. The Labute approximate surface area is 82.7 Å². The Morgan fingerprint density at radius 3 is 2.57 bits per heavy atom. The lowest BCUT2D eigenvalue weighted by atomic mass is 10.1. The second-order valence-corrected chi connectivity index (χ2v) is 3.79. The van der Waals surface area contributed by atoms with Crippen LogP contribution >= 0.6 is 0 Å². The van der Waals surface area contributed by atoms with Crippen molar-refractivity contribution in [1.82, 2.24) is 0 Å². The van der Waals surface area contributed by atoms with Crippen LogP contribution in [0.1, 0.15) is 0 Å². The summed E-state index contributed by atoms with van der Waals surface area (Å²) in [5.74, 6) is -0.621. The highest BCUT2D eigenvalue weighted by atomic mass is 32.2. The zero-order chi connectivity index (χ0) is 10.1. The van der Waals surface area contributed by atoms with E-state index in [1.54, 1.807) is 30.3 Å². The zero-order valence-corrected chi connectivity index (χ0v) is 7.92. The molecule has 4 heteroatoms. The normalized spacial score (nSPS) is 13.0. The number of fused-ring (bicyclic) bond motifs is 1. The minimum atomic E-state index is -2.27. The number of benzene rings is 2. The number of rotatable bonds is 1. The first kappa shape index (κ1) is 9.30. The average Bonchev–Trinajstić information content (AvgIpc) is 2.18. The molecule has 2 rings (SSSR count). The second kappa shape index (κ2) is 3.48. The van der Waals surface area contributed by atoms with Gasteiger partial charge in [0.1, 0.15) is 10.7 Å². The van der Waals surface area contributed by atoms with Crippen molar-refractivity contribution in [3.05, 3.63) is 42.2 Å². The lowest BCUT2D eigenvalue weighted by Gasteiger charge is -2.02. The molecule has 0 heterocycles. The van der Waals surface area contributed by atoms with Gasteiger partial charge in [0.2, 0.25) is 0 Å². The van der Waals surface area contributed by atoms with Crippen LogP contribution < -0.4 is 0 Å². The summed E-state index contributed by atoms with van der Waals surface area (Å²) in [6, 6.07) is 9.77. The van der Waals surface area contributed by atoms with Gasteiger partial charge in [-0.15, -0.1) is 0 Å². The molecule has 0 aliphatic rings. The van der Waals surface area contributed by atoms with Crippen molar-refractivity contribution in [1.29, 1.82) is 0 Å². The van der Waals surface area contributed by atoms with Crippen molar-refractivity contribution in [2.45, 2.75) is 4.90 Å². The minimum absolute atomic E-state index is 0.177. The smallest absolute Gasteiger partial charge is 0.189 e. The summed E-state index contributed by atoms with van der Waals surface area (Å²) < 4.78 is 33.1. The fraction of sp³-hybridized carbons (Fsp3) is 0. The van der Waals surface area contributed by atoms with Gasteiger partial charge in [0.25, 0.3) is 0 Å². The SMILES string of the molecule is O=S(O)c1ccc2ccccc2c1F. The van der Waals surface area contributed by atoms with E-state index in [4.69, 9.17) is 4.55 Å². The lowest BCUT2D eigenvalue weighted by molar-refractivity contribution is 0.548. The molecule has 0 amide bonds. The van der Waals surface area contributed by atoms with Crippen LogP contribution in [-0.4, -0.2) is 8.76 Å². The quantitative estimate of drug-likeness (QED) is 0.734. The Morgan fingerprint density at radius 2 is 1.86 bits per heavy atom. The molecule has 1 N–H and O–H groups in total. The first-order valence-corrected chi connectivity index (χ1v) is 5.09. The van der Waals surface area contributed by atoms with Crippen molar-refractivity contribution < 1.29 is 13.2 Å². The molecule has 1 unspecified atom stereocenters. The van der Waals surface area contributed by atoms with Crippen LogP contribution in [0.2, 0.25) is 0 Å². The lowest BCUT2D eigenvalue weighted by Crippen LogP contribution is -1.93. The minimum Gasteiger partial charge on any atom is -0.302 e. The number of hydrogen-bond donors (Lipinski definition) is 1. The van der Waals surface area contributed by atoms with Crippen molar-refractivity contribution in [2.75, 3.05) is 0 Å². The van der Waals surface area contributed by atoms with Gasteiger partial charge in [-0.3, -0.25) is 0 Å². The van der Waals surface area contributed by atoms with Gasteiger partial charge in [-0.1, -0.05) is 30.3 Å². The Bertz CT molecular complexity index is 510. The molecule has 1 atom stereocenters. The third-order valence-electron chi connectivity index (χ3n) is 2.02. The first-order valence-electron chi connectivity index (χ1n) is 3.98. The van der Waals surface area contributed by atoms with Gasteiger partial charge in [-0.05, 0) is 11.5 Å². The molecule has 0 bridgehead atoms. The predicted octanol–water partition coefficient (Wildman–Crippen LogP) is 2.56. The van der Waals surface area contributed by atoms with Crippen molar-refractivity contribution in [2.24, 2.45) is 0 Å². The molecule has 0 saturated heterocycles. The fourth-order valence-electron chi connectivity index (χ4n) is 1.35. The van der Waals surface area contributed by atoms with Gasteiger partial charge in [0, 0.05) is 5.39 Å². The summed E-state index contributed by atoms with van der Waals surface area (Å²) in [5.41, 5.74) is 0. The van der Waals surface area contributed by atoms with Gasteiger partial charge in [0.15, 0.2) is 11.1 Å². The molecule has 0 saturated carbocycles. The van der Waals surface area contributed by atoms with Crippen molar-refractivity contribution in [3.8, 4) is 0 Å². The van der Waals surface area contributed by atoms with Crippen LogP contribution in [0.25, 0.3) is 10.8 Å². The van der Waals surface area contributed by atoms with E-state index < -0.39 is 16.9 Å². The van der Waals surface area contributed by atoms with E-state index >= 15 is 0 Å². The molecule has 2 aromatic rings. The Balaban J connectivity index is 2.81. The molecule has 14 heavy (non-hydrogen) atoms. The molecular formula is C10H7FO2S. The van der Waals surface area contributed by atoms with Gasteiger partial charge in [-0.25, -0.2) is 8.60 Å². The largest absolute Gasteiger partial charge is 0.302 e. The highest BCUT2D eigenvalue weighted by Gasteiger charge is 2.10. The molecule has 0 aliphatic carbocycles. The van der Waals surface area contributed by atoms with Gasteiger partial charge in [-0.2, -0.15) is 0 Å². The molecule has 2 nitrogen and oxygen atoms in total. The molecule has 0 aliphatic heterocycles. The maximum absolute atomic E-state index is 13.6. The summed E-state index contributed by atoms with van der Waals surface area (Å²) in [7, 11) is 0. The van der Waals surface area contributed by atoms with Crippen LogP contribution in [-0.2, 0) is 11.1 Å². The van der Waals surface area contributed by atoms with Crippen molar-refractivity contribution >= 4 is 21.9 Å². The standard InChI is InChI=1S/C10H7FO2S/c11-10-8-4-2-1-3-7(8)5-6-9(10)14(12)13/h1-6H,(H,12,13). The van der Waals surface area contributed by atoms with E-state index in [1.807, 2.05) is 0 Å². The average molecular weight is 210 g/mol. The van der Waals surface area contributed by atoms with Crippen molar-refractivity contribution in [3.63, 3.8) is 0 Å². The van der Waals surface area contributed by atoms with Crippen LogP contribution in [0.3, 0.4) is 0 Å². The summed E-state index contributed by atoms with van der Waals surface area (Å²) in [5, 5.41) is 1.09. The van der Waals surface area contributed by atoms with E-state index in [-0.39, 0.29) is 4.90 Å². The third-order valence-corrected chi connectivity index (χ3v) is 2.71. The summed E-state index contributed by atoms with van der Waals surface area (Å²) in [6.07, 6.45) is 0. The van der Waals surface area contributed by atoms with E-state index in [1.165, 1.54) is 6.07 Å². The molecule has 72 valence electrons. The highest BCUT2D eigenvalue weighted by molar-refractivity contribution is 7.79. The monoisotopic (exact) mass is 210 g/mol. The summed E-state index contributed by atoms with van der Waals surface area (Å²) >= 11 is -2.27. The van der Waals surface area contributed by atoms with Gasteiger partial charge >= 0.3 is 0 Å². The summed E-state index contributed by atoms with van der Waals surface area (Å²) in [6.45, 7) is 0. The number of halogens is 1. The van der Waals surface area contributed by atoms with E-state index in [0.717, 1.165) is 5.39 Å². The highest BCUT2D eigenvalue weighted by Crippen LogP contribution is 2.22.